The number of fused-ring (bicyclic) bond motifs is 1. The van der Waals surface area contributed by atoms with E-state index in [9.17, 15) is 14.7 Å². The van der Waals surface area contributed by atoms with Crippen molar-refractivity contribution in [2.24, 2.45) is 23.7 Å². The van der Waals surface area contributed by atoms with Crippen molar-refractivity contribution in [2.75, 3.05) is 0 Å². The molecule has 2 saturated carbocycles. The second-order valence-corrected chi connectivity index (χ2v) is 4.78. The Morgan fingerprint density at radius 2 is 2.21 bits per heavy atom. The van der Waals surface area contributed by atoms with Gasteiger partial charge in [0.05, 0.1) is 11.3 Å². The summed E-state index contributed by atoms with van der Waals surface area (Å²) in [6.45, 7) is 0. The van der Waals surface area contributed by atoms with Crippen LogP contribution >= 0.6 is 11.6 Å². The van der Waals surface area contributed by atoms with Crippen LogP contribution in [-0.4, -0.2) is 23.4 Å². The number of carboxylic acids is 1. The third-order valence-corrected chi connectivity index (χ3v) is 4.37. The molecule has 2 bridgehead atoms. The van der Waals surface area contributed by atoms with Crippen molar-refractivity contribution < 1.29 is 19.4 Å². The molecule has 1 saturated heterocycles. The molecule has 6 atom stereocenters. The predicted molar refractivity (Wildman–Crippen MR) is 43.1 cm³/mol. The quantitative estimate of drug-likeness (QED) is 0.422. The third-order valence-electron chi connectivity index (χ3n) is 3.80. The summed E-state index contributed by atoms with van der Waals surface area (Å²) in [7, 11) is 0. The average Bonchev–Trinajstić information content (AvgIpc) is 2.67. The van der Waals surface area contributed by atoms with Crippen LogP contribution in [0.15, 0.2) is 0 Å². The first kappa shape index (κ1) is 8.53. The van der Waals surface area contributed by atoms with Gasteiger partial charge in [0.15, 0.2) is 0 Å². The largest absolute Gasteiger partial charge is 0.550 e. The van der Waals surface area contributed by atoms with E-state index < -0.39 is 23.8 Å². The van der Waals surface area contributed by atoms with E-state index in [1.165, 1.54) is 0 Å². The lowest BCUT2D eigenvalue weighted by atomic mass is 9.80. The highest BCUT2D eigenvalue weighted by molar-refractivity contribution is 6.22. The van der Waals surface area contributed by atoms with Crippen LogP contribution in [0, 0.1) is 23.7 Å². The summed E-state index contributed by atoms with van der Waals surface area (Å²) in [6.07, 6.45) is 0.434. The number of carbonyl (C=O) groups is 2. The second-order valence-electron chi connectivity index (χ2n) is 4.28. The highest BCUT2D eigenvalue weighted by Crippen LogP contribution is 2.59. The van der Waals surface area contributed by atoms with Gasteiger partial charge in [-0.1, -0.05) is 0 Å². The van der Waals surface area contributed by atoms with Crippen LogP contribution in [0.5, 0.6) is 0 Å². The van der Waals surface area contributed by atoms with E-state index >= 15 is 0 Å². The normalized spacial score (nSPS) is 53.6. The van der Waals surface area contributed by atoms with E-state index in [1.807, 2.05) is 0 Å². The van der Waals surface area contributed by atoms with Crippen LogP contribution in [0.3, 0.4) is 0 Å². The maximum absolute atomic E-state index is 11.4. The lowest BCUT2D eigenvalue weighted by molar-refractivity contribution is -0.314. The number of alkyl halides is 1. The molecule has 0 aromatic heterocycles. The van der Waals surface area contributed by atoms with Crippen LogP contribution in [0.4, 0.5) is 0 Å². The zero-order valence-electron chi connectivity index (χ0n) is 7.18. The molecule has 0 spiro atoms. The molecule has 14 heavy (non-hydrogen) atoms. The van der Waals surface area contributed by atoms with Crippen molar-refractivity contribution >= 4 is 23.5 Å². The number of carbonyl (C=O) groups excluding carboxylic acids is 2. The standard InChI is InChI=1S/C9H9ClO4/c10-6-2-1-3-5(4(2)8(11)12)9(13)14-7(3)6/h2-7H,1H2,(H,11,12)/p-1/t2-,3+,4-,5+,6+,7-/m1/s1. The topological polar surface area (TPSA) is 66.4 Å². The zero-order valence-corrected chi connectivity index (χ0v) is 7.94. The van der Waals surface area contributed by atoms with Gasteiger partial charge in [-0.2, -0.15) is 0 Å². The molecule has 0 aromatic carbocycles. The average molecular weight is 216 g/mol. The van der Waals surface area contributed by atoms with Crippen LogP contribution in [0.2, 0.25) is 0 Å². The Kier molecular flexibility index (Phi) is 1.48. The number of hydrogen-bond acceptors (Lipinski definition) is 4. The van der Waals surface area contributed by atoms with Gasteiger partial charge < -0.3 is 14.6 Å². The number of hydrogen-bond donors (Lipinski definition) is 0. The van der Waals surface area contributed by atoms with E-state index in [1.54, 1.807) is 0 Å². The number of ether oxygens (including phenoxy) is 1. The Morgan fingerprint density at radius 1 is 1.50 bits per heavy atom. The third kappa shape index (κ3) is 0.764. The van der Waals surface area contributed by atoms with Crippen LogP contribution in [0.25, 0.3) is 0 Å². The summed E-state index contributed by atoms with van der Waals surface area (Å²) < 4.78 is 5.07. The molecule has 3 fully saturated rings. The minimum atomic E-state index is -1.16. The molecule has 3 rings (SSSR count). The molecule has 1 aliphatic heterocycles. The van der Waals surface area contributed by atoms with Gasteiger partial charge in [0.25, 0.3) is 0 Å². The van der Waals surface area contributed by atoms with E-state index in [-0.39, 0.29) is 23.3 Å². The molecule has 0 amide bonds. The molecule has 2 aliphatic carbocycles. The smallest absolute Gasteiger partial charge is 0.310 e. The fourth-order valence-electron chi connectivity index (χ4n) is 3.29. The van der Waals surface area contributed by atoms with E-state index in [4.69, 9.17) is 16.3 Å². The first-order valence-corrected chi connectivity index (χ1v) is 5.10. The number of carboxylic acid groups (broad SMARTS) is 1. The summed E-state index contributed by atoms with van der Waals surface area (Å²) in [5.74, 6) is -2.92. The Bertz CT molecular complexity index is 329. The monoisotopic (exact) mass is 215 g/mol. The Labute approximate surface area is 85.2 Å². The van der Waals surface area contributed by atoms with Gasteiger partial charge in [-0.25, -0.2) is 0 Å². The van der Waals surface area contributed by atoms with Gasteiger partial charge in [0.2, 0.25) is 0 Å². The summed E-state index contributed by atoms with van der Waals surface area (Å²) >= 11 is 6.04. The summed E-state index contributed by atoms with van der Waals surface area (Å²) in [5.41, 5.74) is 0. The molecular formula is C9H8ClO4-. The SMILES string of the molecule is O=C([O-])[C@@H]1[C@H]2C[C@@H]3[C@@H](OC(=O)[C@@H]31)[C@H]2Cl. The lowest BCUT2D eigenvalue weighted by Crippen LogP contribution is -2.44. The van der Waals surface area contributed by atoms with E-state index in [0.717, 1.165) is 0 Å². The van der Waals surface area contributed by atoms with E-state index in [2.05, 4.69) is 0 Å². The van der Waals surface area contributed by atoms with Crippen LogP contribution < -0.4 is 5.11 Å². The minimum absolute atomic E-state index is 0.0119. The molecule has 1 heterocycles. The van der Waals surface area contributed by atoms with Crippen molar-refractivity contribution in [3.63, 3.8) is 0 Å². The Balaban J connectivity index is 2.04. The molecule has 0 radical (unpaired) electrons. The molecule has 4 nitrogen and oxygen atoms in total. The molecule has 0 N–H and O–H groups in total. The summed E-state index contributed by atoms with van der Waals surface area (Å²) in [5, 5.41) is 10.6. The fourth-order valence-corrected chi connectivity index (χ4v) is 3.79. The molecule has 0 unspecified atom stereocenters. The van der Waals surface area contributed by atoms with Crippen molar-refractivity contribution in [1.29, 1.82) is 0 Å². The minimum Gasteiger partial charge on any atom is -0.550 e. The van der Waals surface area contributed by atoms with E-state index in [0.29, 0.717) is 6.42 Å². The van der Waals surface area contributed by atoms with Gasteiger partial charge in [0, 0.05) is 17.8 Å². The van der Waals surface area contributed by atoms with Crippen molar-refractivity contribution in [3.05, 3.63) is 0 Å². The Morgan fingerprint density at radius 3 is 2.86 bits per heavy atom. The summed E-state index contributed by atoms with van der Waals surface area (Å²) in [4.78, 5) is 22.3. The van der Waals surface area contributed by atoms with Crippen LogP contribution in [-0.2, 0) is 14.3 Å². The maximum Gasteiger partial charge on any atom is 0.310 e. The molecule has 0 aromatic rings. The molecule has 76 valence electrons. The first-order chi connectivity index (χ1) is 6.61. The van der Waals surface area contributed by atoms with Gasteiger partial charge in [-0.3, -0.25) is 4.79 Å². The lowest BCUT2D eigenvalue weighted by Gasteiger charge is -2.28. The molecular weight excluding hydrogens is 208 g/mol. The van der Waals surface area contributed by atoms with Crippen molar-refractivity contribution in [3.8, 4) is 0 Å². The van der Waals surface area contributed by atoms with Gasteiger partial charge >= 0.3 is 5.97 Å². The van der Waals surface area contributed by atoms with Crippen LogP contribution in [0.1, 0.15) is 6.42 Å². The fraction of sp³-hybridized carbons (Fsp3) is 0.778. The van der Waals surface area contributed by atoms with Crippen molar-refractivity contribution in [1.82, 2.24) is 0 Å². The first-order valence-electron chi connectivity index (χ1n) is 4.66. The highest BCUT2D eigenvalue weighted by Gasteiger charge is 2.66. The van der Waals surface area contributed by atoms with Gasteiger partial charge in [-0.15, -0.1) is 11.6 Å². The maximum atomic E-state index is 11.4. The molecule has 5 heteroatoms. The Hall–Kier alpha value is -0.770. The second kappa shape index (κ2) is 2.42. The van der Waals surface area contributed by atoms with Crippen molar-refractivity contribution in [2.45, 2.75) is 17.9 Å². The number of rotatable bonds is 1. The van der Waals surface area contributed by atoms with Gasteiger partial charge in [0.1, 0.15) is 6.10 Å². The molecule has 3 aliphatic rings. The predicted octanol–water partition coefficient (Wildman–Crippen LogP) is -0.849. The number of aliphatic carboxylic acids is 1. The summed E-state index contributed by atoms with van der Waals surface area (Å²) in [6, 6.07) is 0. The number of esters is 1. The number of halogens is 1. The highest BCUT2D eigenvalue weighted by atomic mass is 35.5. The zero-order chi connectivity index (χ0) is 10.0. The van der Waals surface area contributed by atoms with Gasteiger partial charge in [-0.05, 0) is 12.3 Å².